The van der Waals surface area contributed by atoms with E-state index in [0.29, 0.717) is 17.0 Å². The number of para-hydroxylation sites is 1. The molecule has 0 aliphatic heterocycles. The van der Waals surface area contributed by atoms with Crippen LogP contribution in [0, 0.1) is 0 Å². The summed E-state index contributed by atoms with van der Waals surface area (Å²) in [5.74, 6) is -0.00378. The Kier molecular flexibility index (Phi) is 4.82. The van der Waals surface area contributed by atoms with Crippen molar-refractivity contribution in [3.05, 3.63) is 41.9 Å². The highest BCUT2D eigenvalue weighted by atomic mass is 35.5. The Balaban J connectivity index is 1.95. The van der Waals surface area contributed by atoms with Crippen molar-refractivity contribution in [2.24, 2.45) is 0 Å². The molecule has 1 atom stereocenters. The minimum Gasteiger partial charge on any atom is -0.458 e. The number of rotatable bonds is 4. The summed E-state index contributed by atoms with van der Waals surface area (Å²) in [6.07, 6.45) is 1.65. The smallest absolute Gasteiger partial charge is 0.328 e. The van der Waals surface area contributed by atoms with Gasteiger partial charge < -0.3 is 10.1 Å². The third kappa shape index (κ3) is 3.94. The Bertz CT molecular complexity index is 934. The molecule has 1 aromatic carbocycles. The van der Waals surface area contributed by atoms with Crippen LogP contribution >= 0.6 is 11.6 Å². The lowest BCUT2D eigenvalue weighted by Crippen LogP contribution is -2.34. The van der Waals surface area contributed by atoms with Crippen LogP contribution in [0.2, 0.25) is 5.28 Å². The van der Waals surface area contributed by atoms with Crippen molar-refractivity contribution in [3.63, 3.8) is 0 Å². The Morgan fingerprint density at radius 1 is 1.23 bits per heavy atom. The number of anilines is 1. The van der Waals surface area contributed by atoms with Gasteiger partial charge >= 0.3 is 5.97 Å². The molecule has 3 aromatic rings. The molecule has 0 amide bonds. The van der Waals surface area contributed by atoms with Crippen LogP contribution in [0.5, 0.6) is 0 Å². The second kappa shape index (κ2) is 6.92. The second-order valence-electron chi connectivity index (χ2n) is 6.86. The molecule has 3 rings (SSSR count). The van der Waals surface area contributed by atoms with Crippen molar-refractivity contribution in [1.82, 2.24) is 19.5 Å². The molecule has 0 fully saturated rings. The van der Waals surface area contributed by atoms with Gasteiger partial charge in [-0.2, -0.15) is 9.97 Å². The number of hydrogen-bond donors (Lipinski definition) is 1. The van der Waals surface area contributed by atoms with Gasteiger partial charge in [0.05, 0.1) is 0 Å². The molecule has 0 saturated heterocycles. The van der Waals surface area contributed by atoms with E-state index in [-0.39, 0.29) is 11.3 Å². The van der Waals surface area contributed by atoms with E-state index in [4.69, 9.17) is 16.3 Å². The van der Waals surface area contributed by atoms with E-state index in [9.17, 15) is 4.79 Å². The van der Waals surface area contributed by atoms with Gasteiger partial charge in [0.2, 0.25) is 5.28 Å². The summed E-state index contributed by atoms with van der Waals surface area (Å²) in [5, 5.41) is 3.09. The average molecular weight is 374 g/mol. The number of hydrogen-bond acceptors (Lipinski definition) is 6. The van der Waals surface area contributed by atoms with E-state index >= 15 is 0 Å². The molecule has 26 heavy (non-hydrogen) atoms. The summed E-state index contributed by atoms with van der Waals surface area (Å²) in [6, 6.07) is 9.04. The third-order valence-corrected chi connectivity index (χ3v) is 3.69. The first kappa shape index (κ1) is 18.1. The second-order valence-corrected chi connectivity index (χ2v) is 7.20. The number of ether oxygens (including phenoxy) is 1. The summed E-state index contributed by atoms with van der Waals surface area (Å²) >= 11 is 6.09. The zero-order valence-corrected chi connectivity index (χ0v) is 15.8. The maximum absolute atomic E-state index is 12.2. The van der Waals surface area contributed by atoms with Gasteiger partial charge in [0.1, 0.15) is 18.0 Å². The minimum atomic E-state index is -0.620. The molecule has 0 radical (unpaired) electrons. The Morgan fingerprint density at radius 3 is 2.58 bits per heavy atom. The number of carbonyl (C=O) groups is 1. The van der Waals surface area contributed by atoms with Crippen LogP contribution in [0.15, 0.2) is 36.7 Å². The maximum Gasteiger partial charge on any atom is 0.328 e. The molecule has 0 aliphatic carbocycles. The molecular weight excluding hydrogens is 354 g/mol. The van der Waals surface area contributed by atoms with E-state index in [0.717, 1.165) is 5.69 Å². The van der Waals surface area contributed by atoms with E-state index in [1.54, 1.807) is 13.3 Å². The highest BCUT2D eigenvalue weighted by molar-refractivity contribution is 6.28. The quantitative estimate of drug-likeness (QED) is 0.555. The molecule has 8 heteroatoms. The van der Waals surface area contributed by atoms with Gasteiger partial charge in [-0.1, -0.05) is 18.2 Å². The fourth-order valence-electron chi connectivity index (χ4n) is 2.41. The first-order valence-corrected chi connectivity index (χ1v) is 8.58. The third-order valence-electron chi connectivity index (χ3n) is 3.52. The van der Waals surface area contributed by atoms with E-state index in [2.05, 4.69) is 20.3 Å². The highest BCUT2D eigenvalue weighted by Crippen LogP contribution is 2.24. The standard InChI is InChI=1S/C18H20ClN5O2/c1-11(16(25)26-18(2,3)4)21-14-13-15(23-17(19)22-14)24(10-20-13)12-8-6-5-7-9-12/h5-11H,1-4H3,(H,21,22,23). The van der Waals surface area contributed by atoms with Gasteiger partial charge in [0, 0.05) is 5.69 Å². The van der Waals surface area contributed by atoms with Crippen molar-refractivity contribution in [2.75, 3.05) is 5.32 Å². The first-order valence-electron chi connectivity index (χ1n) is 8.20. The zero-order chi connectivity index (χ0) is 18.9. The summed E-state index contributed by atoms with van der Waals surface area (Å²) in [4.78, 5) is 25.1. The van der Waals surface area contributed by atoms with Crippen LogP contribution in [0.3, 0.4) is 0 Å². The van der Waals surface area contributed by atoms with E-state index < -0.39 is 11.6 Å². The molecule has 2 aromatic heterocycles. The molecule has 7 nitrogen and oxygen atoms in total. The topological polar surface area (TPSA) is 81.9 Å². The first-order chi connectivity index (χ1) is 12.2. The van der Waals surface area contributed by atoms with Crippen molar-refractivity contribution >= 4 is 34.6 Å². The van der Waals surface area contributed by atoms with Gasteiger partial charge in [-0.25, -0.2) is 9.78 Å². The van der Waals surface area contributed by atoms with E-state index in [1.807, 2.05) is 55.7 Å². The molecule has 1 unspecified atom stereocenters. The summed E-state index contributed by atoms with van der Waals surface area (Å²) < 4.78 is 7.20. The maximum atomic E-state index is 12.2. The average Bonchev–Trinajstić information content (AvgIpc) is 2.97. The number of imidazole rings is 1. The predicted octanol–water partition coefficient (Wildman–Crippen LogP) is 3.61. The van der Waals surface area contributed by atoms with Crippen LogP contribution < -0.4 is 5.32 Å². The lowest BCUT2D eigenvalue weighted by Gasteiger charge is -2.23. The number of fused-ring (bicyclic) bond motifs is 1. The molecule has 0 aliphatic rings. The Hall–Kier alpha value is -2.67. The van der Waals surface area contributed by atoms with Gasteiger partial charge in [-0.05, 0) is 51.4 Å². The molecular formula is C18H20ClN5O2. The molecule has 1 N–H and O–H groups in total. The Morgan fingerprint density at radius 2 is 1.92 bits per heavy atom. The number of nitrogens with zero attached hydrogens (tertiary/aromatic N) is 4. The van der Waals surface area contributed by atoms with Crippen LogP contribution in [0.4, 0.5) is 5.82 Å². The lowest BCUT2D eigenvalue weighted by atomic mass is 10.2. The van der Waals surface area contributed by atoms with Crippen LogP contribution in [-0.2, 0) is 9.53 Å². The summed E-state index contributed by atoms with van der Waals surface area (Å²) in [7, 11) is 0. The number of aromatic nitrogens is 4. The van der Waals surface area contributed by atoms with Crippen molar-refractivity contribution in [1.29, 1.82) is 0 Å². The van der Waals surface area contributed by atoms with Gasteiger partial charge in [0.25, 0.3) is 0 Å². The fraction of sp³-hybridized carbons (Fsp3) is 0.333. The normalized spacial score (nSPS) is 12.8. The number of nitrogens with one attached hydrogen (secondary N) is 1. The molecule has 0 saturated carbocycles. The van der Waals surface area contributed by atoms with Gasteiger partial charge in [-0.3, -0.25) is 4.57 Å². The van der Waals surface area contributed by atoms with Gasteiger partial charge in [0.15, 0.2) is 17.0 Å². The molecule has 136 valence electrons. The van der Waals surface area contributed by atoms with Crippen LogP contribution in [0.25, 0.3) is 16.9 Å². The zero-order valence-electron chi connectivity index (χ0n) is 15.0. The summed E-state index contributed by atoms with van der Waals surface area (Å²) in [6.45, 7) is 7.15. The number of carbonyl (C=O) groups excluding carboxylic acids is 1. The van der Waals surface area contributed by atoms with Crippen molar-refractivity contribution < 1.29 is 9.53 Å². The SMILES string of the molecule is CC(Nc1nc(Cl)nc2c1ncn2-c1ccccc1)C(=O)OC(C)(C)C. The predicted molar refractivity (Wildman–Crippen MR) is 101 cm³/mol. The minimum absolute atomic E-state index is 0.0640. The highest BCUT2D eigenvalue weighted by Gasteiger charge is 2.23. The van der Waals surface area contributed by atoms with E-state index in [1.165, 1.54) is 0 Å². The molecule has 0 bridgehead atoms. The van der Waals surface area contributed by atoms with Crippen LogP contribution in [0.1, 0.15) is 27.7 Å². The largest absolute Gasteiger partial charge is 0.458 e. The molecule has 2 heterocycles. The lowest BCUT2D eigenvalue weighted by molar-refractivity contribution is -0.155. The molecule has 0 spiro atoms. The number of benzene rings is 1. The van der Waals surface area contributed by atoms with Crippen LogP contribution in [-0.4, -0.2) is 37.1 Å². The van der Waals surface area contributed by atoms with Gasteiger partial charge in [-0.15, -0.1) is 0 Å². The van der Waals surface area contributed by atoms with Crippen molar-refractivity contribution in [3.8, 4) is 5.69 Å². The Labute approximate surface area is 156 Å². The number of esters is 1. The summed E-state index contributed by atoms with van der Waals surface area (Å²) in [5.41, 5.74) is 1.40. The van der Waals surface area contributed by atoms with Crippen molar-refractivity contribution in [2.45, 2.75) is 39.3 Å². The number of halogens is 1. The fourth-order valence-corrected chi connectivity index (χ4v) is 2.57. The monoisotopic (exact) mass is 373 g/mol.